The number of methoxy groups -OCH3 is 1. The first-order valence-electron chi connectivity index (χ1n) is 11.6. The molecule has 1 atom stereocenters. The van der Waals surface area contributed by atoms with Crippen LogP contribution >= 0.6 is 0 Å². The van der Waals surface area contributed by atoms with Crippen molar-refractivity contribution in [2.45, 2.75) is 52.2 Å². The van der Waals surface area contributed by atoms with Crippen LogP contribution in [-0.2, 0) is 19.5 Å². The van der Waals surface area contributed by atoms with Crippen molar-refractivity contribution in [3.8, 4) is 17.3 Å². The van der Waals surface area contributed by atoms with Gasteiger partial charge in [0.25, 0.3) is 0 Å². The van der Waals surface area contributed by atoms with Gasteiger partial charge in [-0.25, -0.2) is 9.97 Å². The molecule has 1 N–H and O–H groups in total. The minimum absolute atomic E-state index is 0.293. The van der Waals surface area contributed by atoms with Crippen molar-refractivity contribution in [3.05, 3.63) is 59.5 Å². The molecular formula is C25H30N6O2. The largest absolute Gasteiger partial charge is 0.497 e. The number of aromatic nitrogens is 4. The molecule has 4 heterocycles. The van der Waals surface area contributed by atoms with Crippen LogP contribution in [0.15, 0.2) is 47.2 Å². The highest BCUT2D eigenvalue weighted by atomic mass is 16.5. The summed E-state index contributed by atoms with van der Waals surface area (Å²) in [5.41, 5.74) is 4.55. The molecule has 33 heavy (non-hydrogen) atoms. The molecule has 5 rings (SSSR count). The fraction of sp³-hybridized carbons (Fsp3) is 0.400. The summed E-state index contributed by atoms with van der Waals surface area (Å²) in [7, 11) is 1.71. The Morgan fingerprint density at radius 1 is 1.24 bits per heavy atom. The third-order valence-corrected chi connectivity index (χ3v) is 6.18. The van der Waals surface area contributed by atoms with Crippen LogP contribution < -0.4 is 10.1 Å². The topological polar surface area (TPSA) is 80.7 Å². The molecule has 4 aromatic rings. The lowest BCUT2D eigenvalue weighted by Gasteiger charge is -2.29. The molecule has 0 radical (unpaired) electrons. The van der Waals surface area contributed by atoms with Gasteiger partial charge >= 0.3 is 0 Å². The van der Waals surface area contributed by atoms with Crippen molar-refractivity contribution in [1.29, 1.82) is 0 Å². The number of ether oxygens (including phenoxy) is 1. The van der Waals surface area contributed by atoms with Gasteiger partial charge in [0.1, 0.15) is 5.75 Å². The van der Waals surface area contributed by atoms with Crippen molar-refractivity contribution >= 4 is 11.6 Å². The van der Waals surface area contributed by atoms with E-state index in [1.807, 2.05) is 28.9 Å². The molecule has 0 bridgehead atoms. The second kappa shape index (κ2) is 9.23. The normalized spacial score (nSPS) is 14.9. The summed E-state index contributed by atoms with van der Waals surface area (Å²) in [6.45, 7) is 6.94. The second-order valence-electron chi connectivity index (χ2n) is 8.68. The van der Waals surface area contributed by atoms with E-state index >= 15 is 0 Å². The van der Waals surface area contributed by atoms with Gasteiger partial charge in [-0.05, 0) is 55.2 Å². The molecule has 8 nitrogen and oxygen atoms in total. The quantitative estimate of drug-likeness (QED) is 0.425. The standard InChI is InChI=1S/C25H30N6O2/c1-4-6-17(2)27-25-26-14-20(24-28-23(29-31(24)25)22-7-5-12-33-22)16-30-11-10-18-8-9-21(32-3)13-19(18)15-30/h5,7-9,12-14,17H,4,6,10-11,15-16H2,1-3H3,(H,26,27). The summed E-state index contributed by atoms with van der Waals surface area (Å²) < 4.78 is 12.8. The predicted octanol–water partition coefficient (Wildman–Crippen LogP) is 4.55. The first-order chi connectivity index (χ1) is 16.1. The second-order valence-corrected chi connectivity index (χ2v) is 8.68. The van der Waals surface area contributed by atoms with Crippen LogP contribution in [0.3, 0.4) is 0 Å². The first-order valence-corrected chi connectivity index (χ1v) is 11.6. The fourth-order valence-corrected chi connectivity index (χ4v) is 4.46. The molecule has 0 spiro atoms. The number of fused-ring (bicyclic) bond motifs is 2. The SMILES string of the molecule is CCCC(C)Nc1ncc(CN2CCc3ccc(OC)cc3C2)c2nc(-c3ccco3)nn12. The summed E-state index contributed by atoms with van der Waals surface area (Å²) in [6, 6.07) is 10.4. The van der Waals surface area contributed by atoms with Gasteiger partial charge in [-0.15, -0.1) is 5.10 Å². The molecule has 0 aliphatic carbocycles. The lowest BCUT2D eigenvalue weighted by atomic mass is 9.99. The van der Waals surface area contributed by atoms with Crippen molar-refractivity contribution in [1.82, 2.24) is 24.5 Å². The van der Waals surface area contributed by atoms with Crippen LogP contribution in [0, 0.1) is 0 Å². The lowest BCUT2D eigenvalue weighted by Crippen LogP contribution is -2.30. The monoisotopic (exact) mass is 446 g/mol. The third-order valence-electron chi connectivity index (χ3n) is 6.18. The molecule has 0 fully saturated rings. The average molecular weight is 447 g/mol. The minimum Gasteiger partial charge on any atom is -0.497 e. The highest BCUT2D eigenvalue weighted by Crippen LogP contribution is 2.26. The maximum Gasteiger partial charge on any atom is 0.226 e. The maximum atomic E-state index is 5.56. The molecule has 0 amide bonds. The summed E-state index contributed by atoms with van der Waals surface area (Å²) in [5, 5.41) is 8.22. The van der Waals surface area contributed by atoms with Crippen LogP contribution in [0.5, 0.6) is 5.75 Å². The Balaban J connectivity index is 1.46. The fourth-order valence-electron chi connectivity index (χ4n) is 4.46. The van der Waals surface area contributed by atoms with Gasteiger partial charge in [0.2, 0.25) is 11.8 Å². The highest BCUT2D eigenvalue weighted by molar-refractivity contribution is 5.58. The molecule has 1 aromatic carbocycles. The molecule has 8 heteroatoms. The summed E-state index contributed by atoms with van der Waals surface area (Å²) in [6.07, 6.45) is 6.74. The molecule has 0 saturated carbocycles. The van der Waals surface area contributed by atoms with Gasteiger partial charge in [0.15, 0.2) is 11.4 Å². The van der Waals surface area contributed by atoms with E-state index in [4.69, 9.17) is 24.2 Å². The highest BCUT2D eigenvalue weighted by Gasteiger charge is 2.21. The van der Waals surface area contributed by atoms with Crippen molar-refractivity contribution in [2.24, 2.45) is 0 Å². The Labute approximate surface area is 193 Å². The Bertz CT molecular complexity index is 1230. The minimum atomic E-state index is 0.293. The predicted molar refractivity (Wildman–Crippen MR) is 127 cm³/mol. The van der Waals surface area contributed by atoms with Gasteiger partial charge in [-0.2, -0.15) is 4.52 Å². The number of anilines is 1. The van der Waals surface area contributed by atoms with Crippen molar-refractivity contribution in [2.75, 3.05) is 19.0 Å². The van der Waals surface area contributed by atoms with E-state index < -0.39 is 0 Å². The van der Waals surface area contributed by atoms with Gasteiger partial charge in [0.05, 0.1) is 13.4 Å². The van der Waals surface area contributed by atoms with E-state index in [0.29, 0.717) is 23.6 Å². The number of hydrogen-bond acceptors (Lipinski definition) is 7. The smallest absolute Gasteiger partial charge is 0.226 e. The zero-order valence-corrected chi connectivity index (χ0v) is 19.4. The molecule has 1 unspecified atom stereocenters. The molecule has 1 aliphatic heterocycles. The zero-order chi connectivity index (χ0) is 22.8. The first kappa shape index (κ1) is 21.5. The number of rotatable bonds is 8. The number of benzene rings is 1. The summed E-state index contributed by atoms with van der Waals surface area (Å²) in [4.78, 5) is 12.0. The van der Waals surface area contributed by atoms with Gasteiger partial charge in [-0.1, -0.05) is 19.4 Å². The van der Waals surface area contributed by atoms with Crippen molar-refractivity contribution in [3.63, 3.8) is 0 Å². The molecule has 0 saturated heterocycles. The van der Waals surface area contributed by atoms with E-state index in [-0.39, 0.29) is 0 Å². The van der Waals surface area contributed by atoms with Crippen LogP contribution in [0.25, 0.3) is 17.2 Å². The average Bonchev–Trinajstić information content (AvgIpc) is 3.51. The van der Waals surface area contributed by atoms with E-state index in [1.165, 1.54) is 11.1 Å². The zero-order valence-electron chi connectivity index (χ0n) is 19.4. The lowest BCUT2D eigenvalue weighted by molar-refractivity contribution is 0.245. The molecule has 172 valence electrons. The van der Waals surface area contributed by atoms with E-state index in [1.54, 1.807) is 13.4 Å². The number of nitrogens with zero attached hydrogens (tertiary/aromatic N) is 5. The number of furan rings is 1. The Kier molecular flexibility index (Phi) is 6.00. The Hall–Kier alpha value is -3.39. The Morgan fingerprint density at radius 2 is 2.15 bits per heavy atom. The van der Waals surface area contributed by atoms with Crippen LogP contribution in [0.4, 0.5) is 5.95 Å². The van der Waals surface area contributed by atoms with E-state index in [9.17, 15) is 0 Å². The molecule has 1 aliphatic rings. The number of nitrogens with one attached hydrogen (secondary N) is 1. The number of hydrogen-bond donors (Lipinski definition) is 1. The summed E-state index contributed by atoms with van der Waals surface area (Å²) >= 11 is 0. The Morgan fingerprint density at radius 3 is 2.94 bits per heavy atom. The molecular weight excluding hydrogens is 416 g/mol. The van der Waals surface area contributed by atoms with Crippen LogP contribution in [-0.4, -0.2) is 44.2 Å². The third kappa shape index (κ3) is 4.43. The van der Waals surface area contributed by atoms with E-state index in [0.717, 1.165) is 55.9 Å². The van der Waals surface area contributed by atoms with Gasteiger partial charge < -0.3 is 14.5 Å². The van der Waals surface area contributed by atoms with E-state index in [2.05, 4.69) is 36.2 Å². The van der Waals surface area contributed by atoms with Crippen molar-refractivity contribution < 1.29 is 9.15 Å². The summed E-state index contributed by atoms with van der Waals surface area (Å²) in [5.74, 6) is 2.82. The van der Waals surface area contributed by atoms with Crippen LogP contribution in [0.1, 0.15) is 43.4 Å². The molecule has 3 aromatic heterocycles. The van der Waals surface area contributed by atoms with Gasteiger partial charge in [-0.3, -0.25) is 4.90 Å². The maximum absolute atomic E-state index is 5.56. The van der Waals surface area contributed by atoms with Gasteiger partial charge in [0, 0.05) is 37.4 Å². The van der Waals surface area contributed by atoms with Crippen LogP contribution in [0.2, 0.25) is 0 Å².